The third-order valence-corrected chi connectivity index (χ3v) is 2.46. The van der Waals surface area contributed by atoms with Gasteiger partial charge in [0, 0.05) is 17.6 Å². The maximum Gasteiger partial charge on any atom is 0.277 e. The predicted molar refractivity (Wildman–Crippen MR) is 75.9 cm³/mol. The van der Waals surface area contributed by atoms with Crippen molar-refractivity contribution in [2.45, 2.75) is 0 Å². The summed E-state index contributed by atoms with van der Waals surface area (Å²) in [5.74, 6) is 0. The van der Waals surface area contributed by atoms with Crippen molar-refractivity contribution in [3.63, 3.8) is 0 Å². The Labute approximate surface area is 113 Å². The minimum absolute atomic E-state index is 0.0249. The number of non-ortho nitro benzene ring substituents is 1. The van der Waals surface area contributed by atoms with Crippen LogP contribution in [-0.4, -0.2) is 21.2 Å². The smallest absolute Gasteiger partial charge is 0.277 e. The molecule has 0 saturated heterocycles. The SMILES string of the molecule is NC(=S)N/N=C/c1nccc2c([N+](=O)[O-])cccc12. The third-order valence-electron chi connectivity index (χ3n) is 2.37. The van der Waals surface area contributed by atoms with Crippen LogP contribution in [0.25, 0.3) is 10.8 Å². The molecule has 1 aromatic heterocycles. The van der Waals surface area contributed by atoms with Crippen molar-refractivity contribution in [3.8, 4) is 0 Å². The van der Waals surface area contributed by atoms with Crippen LogP contribution in [0.4, 0.5) is 5.69 Å². The largest absolute Gasteiger partial charge is 0.375 e. The van der Waals surface area contributed by atoms with E-state index in [0.717, 1.165) is 0 Å². The summed E-state index contributed by atoms with van der Waals surface area (Å²) in [7, 11) is 0. The number of thiocarbonyl (C=S) groups is 1. The Bertz CT molecular complexity index is 686. The highest BCUT2D eigenvalue weighted by molar-refractivity contribution is 7.80. The highest BCUT2D eigenvalue weighted by atomic mass is 32.1. The molecule has 0 amide bonds. The molecular weight excluding hydrogens is 266 g/mol. The number of nitrogens with two attached hydrogens (primary N) is 1. The molecule has 7 nitrogen and oxygen atoms in total. The van der Waals surface area contributed by atoms with E-state index in [1.165, 1.54) is 18.5 Å². The number of hydrogen-bond donors (Lipinski definition) is 2. The number of hydrazone groups is 1. The second-order valence-corrected chi connectivity index (χ2v) is 4.00. The van der Waals surface area contributed by atoms with E-state index < -0.39 is 4.92 Å². The average molecular weight is 275 g/mol. The first kappa shape index (κ1) is 12.8. The Kier molecular flexibility index (Phi) is 3.62. The molecule has 2 rings (SSSR count). The summed E-state index contributed by atoms with van der Waals surface area (Å²) in [5, 5.41) is 15.9. The van der Waals surface area contributed by atoms with E-state index in [9.17, 15) is 10.1 Å². The van der Waals surface area contributed by atoms with Crippen molar-refractivity contribution in [2.24, 2.45) is 10.8 Å². The van der Waals surface area contributed by atoms with Gasteiger partial charge in [0.25, 0.3) is 5.69 Å². The second-order valence-electron chi connectivity index (χ2n) is 3.56. The fraction of sp³-hybridized carbons (Fsp3) is 0. The molecule has 0 aliphatic carbocycles. The summed E-state index contributed by atoms with van der Waals surface area (Å²) in [4.78, 5) is 14.6. The van der Waals surface area contributed by atoms with Crippen LogP contribution in [0.1, 0.15) is 5.69 Å². The fourth-order valence-corrected chi connectivity index (χ4v) is 1.69. The van der Waals surface area contributed by atoms with Crippen LogP contribution >= 0.6 is 12.2 Å². The number of nitrogens with zero attached hydrogens (tertiary/aromatic N) is 3. The molecule has 0 aliphatic heterocycles. The lowest BCUT2D eigenvalue weighted by Gasteiger charge is -2.02. The Hall–Kier alpha value is -2.61. The summed E-state index contributed by atoms with van der Waals surface area (Å²) in [5.41, 5.74) is 8.15. The Morgan fingerprint density at radius 1 is 1.47 bits per heavy atom. The molecule has 1 aromatic carbocycles. The molecule has 0 saturated carbocycles. The molecule has 19 heavy (non-hydrogen) atoms. The zero-order chi connectivity index (χ0) is 13.8. The van der Waals surface area contributed by atoms with E-state index in [-0.39, 0.29) is 10.8 Å². The van der Waals surface area contributed by atoms with Gasteiger partial charge in [-0.1, -0.05) is 12.1 Å². The third kappa shape index (κ3) is 2.80. The van der Waals surface area contributed by atoms with E-state index in [4.69, 9.17) is 5.73 Å². The molecule has 0 aliphatic rings. The van der Waals surface area contributed by atoms with Gasteiger partial charge in [0.1, 0.15) is 0 Å². The van der Waals surface area contributed by atoms with Gasteiger partial charge in [0.2, 0.25) is 0 Å². The van der Waals surface area contributed by atoms with Gasteiger partial charge in [-0.25, -0.2) is 0 Å². The number of nitrogens with one attached hydrogen (secondary N) is 1. The number of nitro groups is 1. The first-order chi connectivity index (χ1) is 9.09. The van der Waals surface area contributed by atoms with Crippen molar-refractivity contribution in [3.05, 3.63) is 46.3 Å². The maximum atomic E-state index is 10.9. The van der Waals surface area contributed by atoms with E-state index in [1.807, 2.05) is 0 Å². The standard InChI is InChI=1S/C11H9N5O2S/c12-11(19)15-14-6-9-7-2-1-3-10(16(17)18)8(7)4-5-13-9/h1-6H,(H3,12,15,19)/b14-6+. The van der Waals surface area contributed by atoms with Crippen LogP contribution in [0.15, 0.2) is 35.6 Å². The van der Waals surface area contributed by atoms with Crippen LogP contribution in [0.3, 0.4) is 0 Å². The summed E-state index contributed by atoms with van der Waals surface area (Å²) in [6.07, 6.45) is 2.89. The molecule has 3 N–H and O–H groups in total. The van der Waals surface area contributed by atoms with E-state index in [2.05, 4.69) is 27.7 Å². The molecule has 0 bridgehead atoms. The quantitative estimate of drug-likeness (QED) is 0.378. The second kappa shape index (κ2) is 5.36. The minimum atomic E-state index is -0.434. The van der Waals surface area contributed by atoms with Crippen molar-refractivity contribution in [1.29, 1.82) is 0 Å². The van der Waals surface area contributed by atoms with E-state index >= 15 is 0 Å². The molecule has 8 heteroatoms. The van der Waals surface area contributed by atoms with Crippen molar-refractivity contribution >= 4 is 40.0 Å². The predicted octanol–water partition coefficient (Wildman–Crippen LogP) is 1.31. The lowest BCUT2D eigenvalue weighted by atomic mass is 10.1. The number of nitro benzene ring substituents is 1. The van der Waals surface area contributed by atoms with E-state index in [0.29, 0.717) is 16.5 Å². The monoisotopic (exact) mass is 275 g/mol. The van der Waals surface area contributed by atoms with Gasteiger partial charge in [0.15, 0.2) is 5.11 Å². The van der Waals surface area contributed by atoms with Crippen molar-refractivity contribution in [1.82, 2.24) is 10.4 Å². The maximum absolute atomic E-state index is 10.9. The van der Waals surface area contributed by atoms with Gasteiger partial charge in [-0.15, -0.1) is 0 Å². The summed E-state index contributed by atoms with van der Waals surface area (Å²) in [6, 6.07) is 6.36. The van der Waals surface area contributed by atoms with Gasteiger partial charge in [0.05, 0.1) is 22.2 Å². The van der Waals surface area contributed by atoms with Crippen LogP contribution < -0.4 is 11.2 Å². The lowest BCUT2D eigenvalue weighted by molar-refractivity contribution is -0.383. The molecule has 0 unspecified atom stereocenters. The van der Waals surface area contributed by atoms with Crippen molar-refractivity contribution in [2.75, 3.05) is 0 Å². The normalized spacial score (nSPS) is 10.7. The Morgan fingerprint density at radius 3 is 2.95 bits per heavy atom. The zero-order valence-electron chi connectivity index (χ0n) is 9.61. The number of benzene rings is 1. The lowest BCUT2D eigenvalue weighted by Crippen LogP contribution is -2.24. The number of aromatic nitrogens is 1. The topological polar surface area (TPSA) is 106 Å². The highest BCUT2D eigenvalue weighted by Crippen LogP contribution is 2.25. The Balaban J connectivity index is 2.52. The molecule has 1 heterocycles. The summed E-state index contributed by atoms with van der Waals surface area (Å²) in [6.45, 7) is 0. The number of pyridine rings is 1. The van der Waals surface area contributed by atoms with Crippen molar-refractivity contribution < 1.29 is 4.92 Å². The molecule has 0 fully saturated rings. The molecular formula is C11H9N5O2S. The summed E-state index contributed by atoms with van der Waals surface area (Å²) >= 11 is 4.60. The van der Waals surface area contributed by atoms with Gasteiger partial charge < -0.3 is 5.73 Å². The van der Waals surface area contributed by atoms with E-state index in [1.54, 1.807) is 18.2 Å². The van der Waals surface area contributed by atoms with Gasteiger partial charge in [-0.3, -0.25) is 20.5 Å². The number of fused-ring (bicyclic) bond motifs is 1. The van der Waals surface area contributed by atoms with Gasteiger partial charge >= 0.3 is 0 Å². The highest BCUT2D eigenvalue weighted by Gasteiger charge is 2.12. The van der Waals surface area contributed by atoms with Crippen LogP contribution in [0, 0.1) is 10.1 Å². The molecule has 0 radical (unpaired) electrons. The minimum Gasteiger partial charge on any atom is -0.375 e. The average Bonchev–Trinajstić information content (AvgIpc) is 2.37. The van der Waals surface area contributed by atoms with Gasteiger partial charge in [-0.2, -0.15) is 5.10 Å². The zero-order valence-corrected chi connectivity index (χ0v) is 10.4. The Morgan fingerprint density at radius 2 is 2.26 bits per heavy atom. The number of rotatable bonds is 3. The van der Waals surface area contributed by atoms with Crippen LogP contribution in [0.5, 0.6) is 0 Å². The molecule has 0 atom stereocenters. The molecule has 0 spiro atoms. The number of hydrogen-bond acceptors (Lipinski definition) is 5. The van der Waals surface area contributed by atoms with Crippen LogP contribution in [-0.2, 0) is 0 Å². The van der Waals surface area contributed by atoms with Gasteiger partial charge in [-0.05, 0) is 18.3 Å². The fourth-order valence-electron chi connectivity index (χ4n) is 1.63. The summed E-state index contributed by atoms with van der Waals surface area (Å²) < 4.78 is 0. The molecule has 96 valence electrons. The molecule has 2 aromatic rings. The van der Waals surface area contributed by atoms with Crippen LogP contribution in [0.2, 0.25) is 0 Å². The first-order valence-corrected chi connectivity index (χ1v) is 5.61. The first-order valence-electron chi connectivity index (χ1n) is 5.20.